The summed E-state index contributed by atoms with van der Waals surface area (Å²) < 4.78 is 0. The molecule has 0 saturated carbocycles. The number of primary amides is 1. The number of nitrogens with zero attached hydrogens (tertiary/aromatic N) is 1. The monoisotopic (exact) mass is 206 g/mol. The minimum absolute atomic E-state index is 0.302. The number of hydrogen-bond acceptors (Lipinski definition) is 3. The van der Waals surface area contributed by atoms with E-state index >= 15 is 0 Å². The minimum atomic E-state index is -0.302. The van der Waals surface area contributed by atoms with Gasteiger partial charge >= 0.3 is 0 Å². The number of nitriles is 1. The van der Waals surface area contributed by atoms with Crippen LogP contribution in [-0.4, -0.2) is 11.7 Å². The Labute approximate surface area is 86.9 Å². The van der Waals surface area contributed by atoms with Crippen LogP contribution in [0.25, 0.3) is 0 Å². The maximum Gasteiger partial charge on any atom is 0.227 e. The Kier molecular flexibility index (Phi) is 4.02. The van der Waals surface area contributed by atoms with Crippen LogP contribution in [0.3, 0.4) is 0 Å². The molecule has 3 nitrogen and oxygen atoms in total. The summed E-state index contributed by atoms with van der Waals surface area (Å²) in [4.78, 5) is 10.4. The number of hydrogen-bond donors (Lipinski definition) is 1. The first kappa shape index (κ1) is 10.6. The van der Waals surface area contributed by atoms with E-state index < -0.39 is 0 Å². The van der Waals surface area contributed by atoms with E-state index in [1.807, 2.05) is 18.2 Å². The largest absolute Gasteiger partial charge is 0.369 e. The van der Waals surface area contributed by atoms with Crippen LogP contribution in [0.15, 0.2) is 24.3 Å². The lowest BCUT2D eigenvalue weighted by atomic mass is 10.2. The summed E-state index contributed by atoms with van der Waals surface area (Å²) in [5.74, 6) is 0.776. The molecule has 1 aromatic carbocycles. The smallest absolute Gasteiger partial charge is 0.227 e. The first-order chi connectivity index (χ1) is 6.72. The van der Waals surface area contributed by atoms with Crippen molar-refractivity contribution in [2.45, 2.75) is 5.75 Å². The molecule has 0 aromatic heterocycles. The molecule has 0 saturated heterocycles. The van der Waals surface area contributed by atoms with E-state index in [4.69, 9.17) is 11.0 Å². The number of rotatable bonds is 4. The van der Waals surface area contributed by atoms with Gasteiger partial charge < -0.3 is 5.73 Å². The zero-order valence-electron chi connectivity index (χ0n) is 7.56. The molecule has 0 radical (unpaired) electrons. The summed E-state index contributed by atoms with van der Waals surface area (Å²) in [6.45, 7) is 0. The molecule has 4 heteroatoms. The van der Waals surface area contributed by atoms with E-state index in [9.17, 15) is 4.79 Å². The van der Waals surface area contributed by atoms with Crippen molar-refractivity contribution in [2.24, 2.45) is 5.73 Å². The number of carbonyl (C=O) groups is 1. The Morgan fingerprint density at radius 1 is 1.43 bits per heavy atom. The molecule has 0 atom stereocenters. The standard InChI is InChI=1S/C10H10N2OS/c11-5-8-1-3-9(4-2-8)6-14-7-10(12)13/h1-4H,6-7H2,(H2,12,13). The highest BCUT2D eigenvalue weighted by molar-refractivity contribution is 7.99. The summed E-state index contributed by atoms with van der Waals surface area (Å²) >= 11 is 1.47. The molecule has 2 N–H and O–H groups in total. The lowest BCUT2D eigenvalue weighted by molar-refractivity contribution is -0.115. The molecule has 0 aliphatic carbocycles. The van der Waals surface area contributed by atoms with Crippen molar-refractivity contribution in [3.63, 3.8) is 0 Å². The van der Waals surface area contributed by atoms with E-state index in [0.29, 0.717) is 11.3 Å². The van der Waals surface area contributed by atoms with Gasteiger partial charge in [0, 0.05) is 5.75 Å². The maximum absolute atomic E-state index is 10.4. The maximum atomic E-state index is 10.4. The first-order valence-electron chi connectivity index (χ1n) is 4.07. The second kappa shape index (κ2) is 5.30. The van der Waals surface area contributed by atoms with Gasteiger partial charge in [-0.2, -0.15) is 5.26 Å². The van der Waals surface area contributed by atoms with E-state index in [2.05, 4.69) is 0 Å². The Bertz CT molecular complexity index is 353. The fraction of sp³-hybridized carbons (Fsp3) is 0.200. The van der Waals surface area contributed by atoms with Crippen LogP contribution < -0.4 is 5.73 Å². The van der Waals surface area contributed by atoms with E-state index in [1.165, 1.54) is 11.8 Å². The van der Waals surface area contributed by atoms with E-state index in [-0.39, 0.29) is 5.91 Å². The zero-order valence-corrected chi connectivity index (χ0v) is 8.38. The normalized spacial score (nSPS) is 9.36. The van der Waals surface area contributed by atoms with Crippen LogP contribution in [0.5, 0.6) is 0 Å². The van der Waals surface area contributed by atoms with Gasteiger partial charge in [0.1, 0.15) is 0 Å². The van der Waals surface area contributed by atoms with E-state index in [0.717, 1.165) is 11.3 Å². The summed E-state index contributed by atoms with van der Waals surface area (Å²) in [6, 6.07) is 9.34. The van der Waals surface area contributed by atoms with Crippen molar-refractivity contribution in [1.29, 1.82) is 5.26 Å². The molecule has 72 valence electrons. The number of benzene rings is 1. The summed E-state index contributed by atoms with van der Waals surface area (Å²) in [5, 5.41) is 8.56. The highest BCUT2D eigenvalue weighted by Gasteiger charge is 1.97. The molecular formula is C10H10N2OS. The van der Waals surface area contributed by atoms with Gasteiger partial charge in [0.2, 0.25) is 5.91 Å². The molecule has 0 fully saturated rings. The SMILES string of the molecule is N#Cc1ccc(CSCC(N)=O)cc1. The van der Waals surface area contributed by atoms with Gasteiger partial charge in [0.25, 0.3) is 0 Å². The van der Waals surface area contributed by atoms with Gasteiger partial charge in [-0.15, -0.1) is 11.8 Å². The van der Waals surface area contributed by atoms with Crippen molar-refractivity contribution < 1.29 is 4.79 Å². The van der Waals surface area contributed by atoms with Crippen molar-refractivity contribution in [3.8, 4) is 6.07 Å². The third-order valence-electron chi connectivity index (χ3n) is 1.60. The molecular weight excluding hydrogens is 196 g/mol. The Morgan fingerprint density at radius 3 is 2.57 bits per heavy atom. The molecule has 0 bridgehead atoms. The first-order valence-corrected chi connectivity index (χ1v) is 5.23. The van der Waals surface area contributed by atoms with Crippen LogP contribution in [0.2, 0.25) is 0 Å². The van der Waals surface area contributed by atoms with E-state index in [1.54, 1.807) is 12.1 Å². The van der Waals surface area contributed by atoms with Crippen molar-refractivity contribution in [3.05, 3.63) is 35.4 Å². The molecule has 0 heterocycles. The van der Waals surface area contributed by atoms with Gasteiger partial charge in [-0.3, -0.25) is 4.79 Å². The fourth-order valence-electron chi connectivity index (χ4n) is 0.945. The minimum Gasteiger partial charge on any atom is -0.369 e. The molecule has 1 rings (SSSR count). The third kappa shape index (κ3) is 3.50. The number of thioether (sulfide) groups is 1. The van der Waals surface area contributed by atoms with Gasteiger partial charge in [-0.1, -0.05) is 12.1 Å². The molecule has 0 spiro atoms. The quantitative estimate of drug-likeness (QED) is 0.806. The van der Waals surface area contributed by atoms with Crippen LogP contribution in [0.4, 0.5) is 0 Å². The Balaban J connectivity index is 2.45. The van der Waals surface area contributed by atoms with Gasteiger partial charge in [-0.05, 0) is 17.7 Å². The average Bonchev–Trinajstić information content (AvgIpc) is 2.18. The lowest BCUT2D eigenvalue weighted by Gasteiger charge is -1.99. The molecule has 0 aliphatic rings. The van der Waals surface area contributed by atoms with Crippen LogP contribution in [0.1, 0.15) is 11.1 Å². The summed E-state index contributed by atoms with van der Waals surface area (Å²) in [6.07, 6.45) is 0. The summed E-state index contributed by atoms with van der Waals surface area (Å²) in [5.41, 5.74) is 6.74. The zero-order chi connectivity index (χ0) is 10.4. The predicted octanol–water partition coefficient (Wildman–Crippen LogP) is 1.28. The topological polar surface area (TPSA) is 66.9 Å². The number of nitrogens with two attached hydrogens (primary N) is 1. The Hall–Kier alpha value is -1.47. The molecule has 0 unspecified atom stereocenters. The van der Waals surface area contributed by atoms with Crippen molar-refractivity contribution >= 4 is 17.7 Å². The highest BCUT2D eigenvalue weighted by atomic mass is 32.2. The van der Waals surface area contributed by atoms with Crippen LogP contribution in [0, 0.1) is 11.3 Å². The van der Waals surface area contributed by atoms with Crippen molar-refractivity contribution in [1.82, 2.24) is 0 Å². The van der Waals surface area contributed by atoms with Gasteiger partial charge in [-0.25, -0.2) is 0 Å². The second-order valence-corrected chi connectivity index (χ2v) is 3.75. The van der Waals surface area contributed by atoms with Crippen LogP contribution >= 0.6 is 11.8 Å². The van der Waals surface area contributed by atoms with Gasteiger partial charge in [0.15, 0.2) is 0 Å². The molecule has 1 aromatic rings. The predicted molar refractivity (Wildman–Crippen MR) is 56.5 cm³/mol. The highest BCUT2D eigenvalue weighted by Crippen LogP contribution is 2.12. The van der Waals surface area contributed by atoms with Crippen molar-refractivity contribution in [2.75, 3.05) is 5.75 Å². The number of carbonyl (C=O) groups excluding carboxylic acids is 1. The van der Waals surface area contributed by atoms with Crippen LogP contribution in [-0.2, 0) is 10.5 Å². The molecule has 1 amide bonds. The fourth-order valence-corrected chi connectivity index (χ4v) is 1.68. The number of amides is 1. The lowest BCUT2D eigenvalue weighted by Crippen LogP contribution is -2.13. The average molecular weight is 206 g/mol. The molecule has 0 aliphatic heterocycles. The Morgan fingerprint density at radius 2 is 2.07 bits per heavy atom. The molecule has 14 heavy (non-hydrogen) atoms. The third-order valence-corrected chi connectivity index (χ3v) is 2.62. The second-order valence-electron chi connectivity index (χ2n) is 2.77. The summed E-state index contributed by atoms with van der Waals surface area (Å²) in [7, 11) is 0. The van der Waals surface area contributed by atoms with Gasteiger partial charge in [0.05, 0.1) is 17.4 Å².